The quantitative estimate of drug-likeness (QED) is 0.0583. The number of rotatable bonds is 25. The van der Waals surface area contributed by atoms with Gasteiger partial charge in [0.25, 0.3) is 0 Å². The third-order valence-corrected chi connectivity index (χ3v) is 9.12. The molecule has 6 heteroatoms. The van der Waals surface area contributed by atoms with Crippen LogP contribution in [0.2, 0.25) is 0 Å². The predicted octanol–water partition coefficient (Wildman–Crippen LogP) is 9.22. The Balaban J connectivity index is 0. The summed E-state index contributed by atoms with van der Waals surface area (Å²) < 4.78 is 29.9. The molecule has 34 heavy (non-hydrogen) atoms. The zero-order valence-corrected chi connectivity index (χ0v) is 26.8. The molecule has 0 aromatic heterocycles. The summed E-state index contributed by atoms with van der Waals surface area (Å²) in [4.78, 5) is 0. The Morgan fingerprint density at radius 1 is 0.618 bits per heavy atom. The highest BCUT2D eigenvalue weighted by molar-refractivity contribution is 14.0. The number of hydrogen-bond donors (Lipinski definition) is 0. The first kappa shape index (κ1) is 36.8. The number of unbranched alkanes of at least 4 members (excludes halogenated alkanes) is 15. The van der Waals surface area contributed by atoms with E-state index in [2.05, 4.69) is 32.4 Å². The van der Waals surface area contributed by atoms with Gasteiger partial charge in [-0.25, -0.2) is 8.42 Å². The highest BCUT2D eigenvalue weighted by atomic mass is 127. The molecular formula is C28H61IN2O2S. The third kappa shape index (κ3) is 20.8. The van der Waals surface area contributed by atoms with Gasteiger partial charge in [-0.3, -0.25) is 0 Å². The lowest BCUT2D eigenvalue weighted by Gasteiger charge is -2.38. The van der Waals surface area contributed by atoms with Crippen molar-refractivity contribution in [1.82, 2.24) is 0 Å². The highest BCUT2D eigenvalue weighted by Crippen LogP contribution is 2.18. The van der Waals surface area contributed by atoms with E-state index in [4.69, 9.17) is 0 Å². The normalized spacial score (nSPS) is 13.1. The lowest BCUT2D eigenvalue weighted by atomic mass is 10.0. The maximum Gasteiger partial charge on any atom is 0.0772 e. The van der Waals surface area contributed by atoms with Crippen LogP contribution in [-0.2, 0) is 10.0 Å². The van der Waals surface area contributed by atoms with E-state index in [1.807, 2.05) is 6.92 Å². The monoisotopic (exact) mass is 616 g/mol. The number of hydrogen-bond acceptors (Lipinski definition) is 2. The molecule has 0 saturated carbocycles. The summed E-state index contributed by atoms with van der Waals surface area (Å²) in [5, 5.41) is 0. The third-order valence-electron chi connectivity index (χ3n) is 7.63. The minimum Gasteiger partial charge on any atom is -0.546 e. The topological polar surface area (TPSA) is 48.2 Å². The van der Waals surface area contributed by atoms with Crippen LogP contribution in [0.5, 0.6) is 0 Å². The number of nitrogens with zero attached hydrogens (tertiary/aromatic N) is 2. The van der Waals surface area contributed by atoms with Crippen molar-refractivity contribution in [1.29, 1.82) is 0 Å². The Morgan fingerprint density at radius 2 is 0.971 bits per heavy atom. The zero-order valence-electron chi connectivity index (χ0n) is 23.7. The van der Waals surface area contributed by atoms with E-state index < -0.39 is 10.0 Å². The van der Waals surface area contributed by atoms with Gasteiger partial charge < -0.3 is 9.21 Å². The van der Waals surface area contributed by atoms with Crippen LogP contribution in [0.25, 0.3) is 4.72 Å². The van der Waals surface area contributed by atoms with E-state index in [-0.39, 0.29) is 35.8 Å². The number of halogens is 1. The first-order valence-electron chi connectivity index (χ1n) is 14.6. The molecule has 1 atom stereocenters. The minimum atomic E-state index is -3.27. The van der Waals surface area contributed by atoms with Gasteiger partial charge in [-0.2, -0.15) is 0 Å². The molecule has 0 aromatic rings. The van der Waals surface area contributed by atoms with Crippen molar-refractivity contribution in [2.24, 2.45) is 0 Å². The summed E-state index contributed by atoms with van der Waals surface area (Å²) in [6.07, 6.45) is 21.7. The summed E-state index contributed by atoms with van der Waals surface area (Å²) in [5.41, 5.74) is 0. The van der Waals surface area contributed by atoms with Crippen molar-refractivity contribution in [3.8, 4) is 0 Å². The lowest BCUT2D eigenvalue weighted by Crippen LogP contribution is -2.48. The van der Waals surface area contributed by atoms with Gasteiger partial charge in [0.15, 0.2) is 0 Å². The van der Waals surface area contributed by atoms with E-state index in [0.29, 0.717) is 0 Å². The van der Waals surface area contributed by atoms with E-state index in [1.54, 1.807) is 0 Å². The lowest BCUT2D eigenvalue weighted by molar-refractivity contribution is -0.923. The second-order valence-corrected chi connectivity index (χ2v) is 12.1. The average molecular weight is 617 g/mol. The minimum absolute atomic E-state index is 0. The molecule has 0 heterocycles. The Labute approximate surface area is 232 Å². The van der Waals surface area contributed by atoms with E-state index in [0.717, 1.165) is 56.3 Å². The molecule has 0 amide bonds. The molecule has 0 bridgehead atoms. The molecule has 0 rings (SSSR count). The van der Waals surface area contributed by atoms with Crippen LogP contribution >= 0.6 is 24.0 Å². The largest absolute Gasteiger partial charge is 0.546 e. The molecular weight excluding hydrogens is 555 g/mol. The van der Waals surface area contributed by atoms with Gasteiger partial charge in [0.2, 0.25) is 0 Å². The van der Waals surface area contributed by atoms with Crippen molar-refractivity contribution >= 4 is 34.0 Å². The average Bonchev–Trinajstić information content (AvgIpc) is 2.79. The smallest absolute Gasteiger partial charge is 0.0772 e. The SMILES string of the molecule is CCCCCCCCCCCCCCCCCCS(=O)(=O)[N-]C(C)CC[N+](CC)(CC)CC.I. The summed E-state index contributed by atoms with van der Waals surface area (Å²) >= 11 is 0. The van der Waals surface area contributed by atoms with Crippen LogP contribution in [0.15, 0.2) is 0 Å². The molecule has 0 saturated heterocycles. The second-order valence-electron chi connectivity index (χ2n) is 10.3. The van der Waals surface area contributed by atoms with Crippen LogP contribution in [0.4, 0.5) is 0 Å². The molecule has 0 fully saturated rings. The maximum atomic E-state index is 12.4. The van der Waals surface area contributed by atoms with Crippen molar-refractivity contribution < 1.29 is 12.9 Å². The van der Waals surface area contributed by atoms with Crippen molar-refractivity contribution in [2.75, 3.05) is 31.9 Å². The molecule has 4 nitrogen and oxygen atoms in total. The Kier molecular flexibility index (Phi) is 25.9. The second kappa shape index (κ2) is 24.0. The molecule has 0 aliphatic heterocycles. The van der Waals surface area contributed by atoms with Gasteiger partial charge in [0.1, 0.15) is 0 Å². The molecule has 0 radical (unpaired) electrons. The Bertz CT molecular complexity index is 516. The van der Waals surface area contributed by atoms with Gasteiger partial charge in [-0.1, -0.05) is 110 Å². The van der Waals surface area contributed by atoms with Crippen LogP contribution in [0, 0.1) is 0 Å². The van der Waals surface area contributed by atoms with Crippen molar-refractivity contribution in [3.63, 3.8) is 0 Å². The molecule has 0 aliphatic carbocycles. The standard InChI is InChI=1S/C28H60N2O2S.HI/c1-6-10-11-12-13-14-15-16-17-18-19-20-21-22-23-24-27-33(31,32)29-28(5)25-26-30(7-2,8-3)9-4;/h28H,6-27H2,1-5H3;1H. The van der Waals surface area contributed by atoms with Crippen LogP contribution < -0.4 is 0 Å². The van der Waals surface area contributed by atoms with E-state index in [1.165, 1.54) is 83.5 Å². The molecule has 0 aliphatic rings. The fourth-order valence-corrected chi connectivity index (χ4v) is 6.15. The van der Waals surface area contributed by atoms with Crippen LogP contribution in [0.3, 0.4) is 0 Å². The van der Waals surface area contributed by atoms with Gasteiger partial charge in [-0.15, -0.1) is 30.0 Å². The van der Waals surface area contributed by atoms with E-state index in [9.17, 15) is 8.42 Å². The van der Waals surface area contributed by atoms with Crippen molar-refractivity contribution in [2.45, 2.75) is 150 Å². The van der Waals surface area contributed by atoms with Gasteiger partial charge in [0, 0.05) is 5.75 Å². The van der Waals surface area contributed by atoms with Crippen molar-refractivity contribution in [3.05, 3.63) is 4.72 Å². The molecule has 1 unspecified atom stereocenters. The van der Waals surface area contributed by atoms with Crippen LogP contribution in [-0.4, -0.2) is 50.9 Å². The molecule has 0 spiro atoms. The van der Waals surface area contributed by atoms with Gasteiger partial charge in [-0.05, 0) is 33.6 Å². The van der Waals surface area contributed by atoms with Gasteiger partial charge in [0.05, 0.1) is 36.2 Å². The fraction of sp³-hybridized carbons (Fsp3) is 1.00. The predicted molar refractivity (Wildman–Crippen MR) is 163 cm³/mol. The summed E-state index contributed by atoms with van der Waals surface area (Å²) in [7, 11) is -3.27. The Hall–Kier alpha value is 0.600. The number of quaternary nitrogens is 1. The molecule has 0 aromatic carbocycles. The maximum absolute atomic E-state index is 12.4. The highest BCUT2D eigenvalue weighted by Gasteiger charge is 2.20. The first-order chi connectivity index (χ1) is 15.8. The van der Waals surface area contributed by atoms with Crippen LogP contribution in [0.1, 0.15) is 144 Å². The number of sulfonamides is 1. The molecule has 0 N–H and O–H groups in total. The Morgan fingerprint density at radius 3 is 1.32 bits per heavy atom. The zero-order chi connectivity index (χ0) is 24.8. The summed E-state index contributed by atoms with van der Waals surface area (Å²) in [6.45, 7) is 15.2. The first-order valence-corrected chi connectivity index (χ1v) is 16.3. The van der Waals surface area contributed by atoms with Gasteiger partial charge >= 0.3 is 0 Å². The fourth-order valence-electron chi connectivity index (χ4n) is 4.82. The van der Waals surface area contributed by atoms with E-state index >= 15 is 0 Å². The summed E-state index contributed by atoms with van der Waals surface area (Å²) in [5.74, 6) is 0.227. The molecule has 208 valence electrons. The summed E-state index contributed by atoms with van der Waals surface area (Å²) in [6, 6.07) is -0.0989.